The third-order valence-electron chi connectivity index (χ3n) is 13.0. The van der Waals surface area contributed by atoms with E-state index in [4.69, 9.17) is 4.42 Å². The van der Waals surface area contributed by atoms with E-state index in [1.165, 1.54) is 83.6 Å². The predicted molar refractivity (Wildman–Crippen MR) is 294 cm³/mol. The zero-order valence-corrected chi connectivity index (χ0v) is 40.9. The van der Waals surface area contributed by atoms with Gasteiger partial charge in [0.15, 0.2) is 5.58 Å². The van der Waals surface area contributed by atoms with Crippen LogP contribution >= 0.6 is 0 Å². The Morgan fingerprint density at radius 2 is 1.03 bits per heavy atom. The Kier molecular flexibility index (Phi) is 12.1. The van der Waals surface area contributed by atoms with Gasteiger partial charge in [0, 0.05) is 43.9 Å². The van der Waals surface area contributed by atoms with E-state index in [1.54, 1.807) is 6.33 Å². The fourth-order valence-electron chi connectivity index (χ4n) is 9.66. The minimum atomic E-state index is 0.106. The summed E-state index contributed by atoms with van der Waals surface area (Å²) in [6.45, 7) is 17.3. The molecule has 5 nitrogen and oxygen atoms in total. The second kappa shape index (κ2) is 18.6. The summed E-state index contributed by atoms with van der Waals surface area (Å²) in [5, 5.41) is 5.94. The van der Waals surface area contributed by atoms with Crippen molar-refractivity contribution in [3.63, 3.8) is 0 Å². The fraction of sp³-hybridized carbons (Fsp3) is 0.156. The van der Waals surface area contributed by atoms with Crippen molar-refractivity contribution in [2.45, 2.75) is 67.2 Å². The van der Waals surface area contributed by atoms with Crippen molar-refractivity contribution >= 4 is 71.8 Å². The van der Waals surface area contributed by atoms with Gasteiger partial charge in [0.1, 0.15) is 23.1 Å². The van der Waals surface area contributed by atoms with Gasteiger partial charge >= 0.3 is 0 Å². The lowest BCUT2D eigenvalue weighted by Gasteiger charge is -2.19. The minimum absolute atomic E-state index is 0.106. The zero-order chi connectivity index (χ0) is 47.8. The summed E-state index contributed by atoms with van der Waals surface area (Å²) >= 11 is 0. The molecule has 5 heteroatoms. The number of fused-ring (bicyclic) bond motifs is 9. The van der Waals surface area contributed by atoms with Crippen LogP contribution in [0.25, 0.3) is 106 Å². The molecule has 0 aliphatic carbocycles. The van der Waals surface area contributed by atoms with Crippen LogP contribution in [0.4, 0.5) is 0 Å². The first-order chi connectivity index (χ1) is 33.6. The number of hydrogen-bond donors (Lipinski definition) is 0. The molecule has 0 unspecified atom stereocenters. The highest BCUT2D eigenvalue weighted by molar-refractivity contribution is 6.13. The molecule has 0 amide bonds. The van der Waals surface area contributed by atoms with Crippen molar-refractivity contribution in [3.8, 4) is 33.8 Å². The number of allylic oxidation sites excluding steroid dienone is 1. The Balaban J connectivity index is 0.000000345. The average Bonchev–Trinajstić information content (AvgIpc) is 4.03. The first-order valence-corrected chi connectivity index (χ1v) is 24.2. The molecular weight excluding hydrogens is 841 g/mol. The van der Waals surface area contributed by atoms with Gasteiger partial charge in [-0.1, -0.05) is 162 Å². The van der Waals surface area contributed by atoms with Crippen molar-refractivity contribution in [3.05, 3.63) is 211 Å². The SMILES string of the molecule is C/C=C\c1ccc(C)cc1C.CC(C)(C)c1ccc(-n2c3ccccc3c3cc(-c4ccc5c(c4)c4ccccc4n5-c4ccc(-c5ncnc6c5oc5ccccc56)cc4)ccc32)cc1.CCC. The summed E-state index contributed by atoms with van der Waals surface area (Å²) in [6.07, 6.45) is 7.08. The highest BCUT2D eigenvalue weighted by Gasteiger charge is 2.19. The van der Waals surface area contributed by atoms with Crippen LogP contribution in [-0.4, -0.2) is 19.1 Å². The average molecular weight is 899 g/mol. The molecule has 0 bridgehead atoms. The number of para-hydroxylation sites is 3. The molecule has 0 aliphatic heterocycles. The van der Waals surface area contributed by atoms with Gasteiger partial charge in [-0.05, 0) is 127 Å². The second-order valence-corrected chi connectivity index (χ2v) is 19.1. The number of aryl methyl sites for hydroxylation is 2. The first kappa shape index (κ1) is 44.8. The van der Waals surface area contributed by atoms with Crippen LogP contribution in [0.1, 0.15) is 70.2 Å². The van der Waals surface area contributed by atoms with Crippen LogP contribution in [-0.2, 0) is 5.41 Å². The maximum Gasteiger partial charge on any atom is 0.180 e. The van der Waals surface area contributed by atoms with E-state index in [0.29, 0.717) is 5.58 Å². The molecular formula is C64H58N4O. The van der Waals surface area contributed by atoms with Gasteiger partial charge in [0.2, 0.25) is 0 Å². The number of hydrogen-bond acceptors (Lipinski definition) is 3. The highest BCUT2D eigenvalue weighted by atomic mass is 16.3. The first-order valence-electron chi connectivity index (χ1n) is 24.2. The van der Waals surface area contributed by atoms with E-state index in [9.17, 15) is 0 Å². The number of benzene rings is 8. The van der Waals surface area contributed by atoms with E-state index in [1.807, 2.05) is 31.2 Å². The summed E-state index contributed by atoms with van der Waals surface area (Å²) in [4.78, 5) is 9.21. The quantitative estimate of drug-likeness (QED) is 0.173. The van der Waals surface area contributed by atoms with Gasteiger partial charge in [-0.15, -0.1) is 0 Å². The molecule has 0 saturated carbocycles. The summed E-state index contributed by atoms with van der Waals surface area (Å²) in [5.74, 6) is 0. The van der Waals surface area contributed by atoms with Crippen LogP contribution < -0.4 is 0 Å². The lowest BCUT2D eigenvalue weighted by atomic mass is 9.87. The maximum atomic E-state index is 6.25. The number of furan rings is 1. The molecule has 0 spiro atoms. The summed E-state index contributed by atoms with van der Waals surface area (Å²) < 4.78 is 11.0. The molecule has 340 valence electrons. The monoisotopic (exact) mass is 898 g/mol. The summed E-state index contributed by atoms with van der Waals surface area (Å²) in [5.41, 5.74) is 19.0. The third-order valence-corrected chi connectivity index (χ3v) is 13.0. The van der Waals surface area contributed by atoms with Crippen molar-refractivity contribution < 1.29 is 4.42 Å². The van der Waals surface area contributed by atoms with Gasteiger partial charge in [0.25, 0.3) is 0 Å². The molecule has 0 atom stereocenters. The van der Waals surface area contributed by atoms with E-state index in [-0.39, 0.29) is 5.41 Å². The molecule has 0 N–H and O–H groups in total. The number of rotatable bonds is 5. The van der Waals surface area contributed by atoms with Crippen LogP contribution in [0, 0.1) is 13.8 Å². The molecule has 0 fully saturated rings. The largest absolute Gasteiger partial charge is 0.452 e. The van der Waals surface area contributed by atoms with Gasteiger partial charge in [-0.2, -0.15) is 0 Å². The molecule has 4 aromatic heterocycles. The molecule has 4 heterocycles. The van der Waals surface area contributed by atoms with Crippen molar-refractivity contribution in [2.75, 3.05) is 0 Å². The molecule has 8 aromatic carbocycles. The van der Waals surface area contributed by atoms with E-state index in [0.717, 1.165) is 38.9 Å². The Bertz CT molecular complexity index is 3840. The Morgan fingerprint density at radius 3 is 1.58 bits per heavy atom. The van der Waals surface area contributed by atoms with Gasteiger partial charge in [-0.3, -0.25) is 0 Å². The standard InChI is InChI=1S/C50H36N4O.C11H14.C3H8/c1-50(2,3)34-20-24-36(25-21-34)54-43-14-8-5-11-38(43)41-29-33(19-27-45(41)54)32-18-26-44-40(28-32)37-10-4-7-13-42(37)53(44)35-22-16-31(17-23-35)47-49-48(52-30-51-47)39-12-6-9-15-46(39)55-49;1-4-5-11-7-6-9(2)8-10(11)3;1-3-2/h4-30H,1-3H3;4-8H,1-3H3;3H2,1-2H3/b;5-4-;. The van der Waals surface area contributed by atoms with Crippen molar-refractivity contribution in [2.24, 2.45) is 0 Å². The molecule has 0 radical (unpaired) electrons. The van der Waals surface area contributed by atoms with Gasteiger partial charge in [0.05, 0.1) is 22.1 Å². The van der Waals surface area contributed by atoms with Crippen LogP contribution in [0.2, 0.25) is 0 Å². The van der Waals surface area contributed by atoms with E-state index in [2.05, 4.69) is 231 Å². The molecule has 0 saturated heterocycles. The Labute approximate surface area is 405 Å². The number of nitrogens with zero attached hydrogens (tertiary/aromatic N) is 4. The van der Waals surface area contributed by atoms with E-state index >= 15 is 0 Å². The van der Waals surface area contributed by atoms with Crippen molar-refractivity contribution in [1.29, 1.82) is 0 Å². The molecule has 12 aromatic rings. The van der Waals surface area contributed by atoms with Gasteiger partial charge < -0.3 is 13.6 Å². The van der Waals surface area contributed by atoms with Crippen LogP contribution in [0.15, 0.2) is 193 Å². The normalized spacial score (nSPS) is 11.8. The Hall–Kier alpha value is -8.02. The molecule has 0 aliphatic rings. The predicted octanol–water partition coefficient (Wildman–Crippen LogP) is 18.0. The fourth-order valence-corrected chi connectivity index (χ4v) is 9.66. The number of aromatic nitrogens is 4. The minimum Gasteiger partial charge on any atom is -0.452 e. The smallest absolute Gasteiger partial charge is 0.180 e. The summed E-state index contributed by atoms with van der Waals surface area (Å²) in [6, 6.07) is 63.4. The van der Waals surface area contributed by atoms with Gasteiger partial charge in [-0.25, -0.2) is 9.97 Å². The van der Waals surface area contributed by atoms with E-state index < -0.39 is 0 Å². The lowest BCUT2D eigenvalue weighted by molar-refractivity contribution is 0.590. The van der Waals surface area contributed by atoms with Crippen molar-refractivity contribution in [1.82, 2.24) is 19.1 Å². The van der Waals surface area contributed by atoms with Crippen LogP contribution in [0.3, 0.4) is 0 Å². The summed E-state index contributed by atoms with van der Waals surface area (Å²) in [7, 11) is 0. The lowest BCUT2D eigenvalue weighted by Crippen LogP contribution is -2.10. The highest BCUT2D eigenvalue weighted by Crippen LogP contribution is 2.39. The molecule has 12 rings (SSSR count). The molecule has 69 heavy (non-hydrogen) atoms. The Morgan fingerprint density at radius 1 is 0.522 bits per heavy atom. The second-order valence-electron chi connectivity index (χ2n) is 19.1. The topological polar surface area (TPSA) is 48.8 Å². The zero-order valence-electron chi connectivity index (χ0n) is 40.9. The third kappa shape index (κ3) is 8.39. The maximum absolute atomic E-state index is 6.25. The van der Waals surface area contributed by atoms with Crippen LogP contribution in [0.5, 0.6) is 0 Å².